The minimum absolute atomic E-state index is 0.194. The Morgan fingerprint density at radius 2 is 1.79 bits per heavy atom. The van der Waals surface area contributed by atoms with Gasteiger partial charge >= 0.3 is 5.97 Å². The Morgan fingerprint density at radius 3 is 2.32 bits per heavy atom. The standard InChI is InChI=1S/C15H19NO3/c17-14(18)15(19)8-12-6-7-13(9-15)16(12)10-11-4-2-1-3-5-11/h1-5,12-13,19H,6-10H2,(H,17,18). The minimum atomic E-state index is -1.51. The van der Waals surface area contributed by atoms with Gasteiger partial charge in [0.05, 0.1) is 0 Å². The van der Waals surface area contributed by atoms with E-state index in [9.17, 15) is 9.90 Å². The average Bonchev–Trinajstić information content (AvgIpc) is 2.64. The summed E-state index contributed by atoms with van der Waals surface area (Å²) in [6, 6.07) is 10.6. The van der Waals surface area contributed by atoms with Gasteiger partial charge in [-0.05, 0) is 18.4 Å². The molecule has 0 saturated carbocycles. The second kappa shape index (κ2) is 4.62. The zero-order valence-corrected chi connectivity index (χ0v) is 10.8. The number of carboxylic acid groups (broad SMARTS) is 1. The van der Waals surface area contributed by atoms with Crippen LogP contribution in [-0.4, -0.2) is 38.8 Å². The normalized spacial score (nSPS) is 34.4. The fraction of sp³-hybridized carbons (Fsp3) is 0.533. The molecule has 2 fully saturated rings. The van der Waals surface area contributed by atoms with Crippen LogP contribution in [0.5, 0.6) is 0 Å². The fourth-order valence-corrected chi connectivity index (χ4v) is 3.54. The van der Waals surface area contributed by atoms with Crippen molar-refractivity contribution in [3.05, 3.63) is 35.9 Å². The number of fused-ring (bicyclic) bond motifs is 2. The van der Waals surface area contributed by atoms with Crippen LogP contribution in [0.1, 0.15) is 31.2 Å². The lowest BCUT2D eigenvalue weighted by atomic mass is 9.86. The highest BCUT2D eigenvalue weighted by molar-refractivity contribution is 5.77. The zero-order chi connectivity index (χ0) is 13.5. The summed E-state index contributed by atoms with van der Waals surface area (Å²) in [5, 5.41) is 19.4. The Morgan fingerprint density at radius 1 is 1.21 bits per heavy atom. The molecule has 0 spiro atoms. The monoisotopic (exact) mass is 261 g/mol. The first-order valence-electron chi connectivity index (χ1n) is 6.84. The third-order valence-electron chi connectivity index (χ3n) is 4.52. The summed E-state index contributed by atoms with van der Waals surface area (Å²) in [5.74, 6) is -1.07. The first kappa shape index (κ1) is 12.6. The average molecular weight is 261 g/mol. The number of nitrogens with zero attached hydrogens (tertiary/aromatic N) is 1. The topological polar surface area (TPSA) is 60.8 Å². The number of hydrogen-bond acceptors (Lipinski definition) is 3. The Kier molecular flexibility index (Phi) is 3.07. The number of piperidine rings is 1. The van der Waals surface area contributed by atoms with Gasteiger partial charge in [0, 0.05) is 31.5 Å². The van der Waals surface area contributed by atoms with Crippen molar-refractivity contribution >= 4 is 5.97 Å². The first-order chi connectivity index (χ1) is 9.08. The van der Waals surface area contributed by atoms with E-state index in [0.717, 1.165) is 19.4 Å². The number of carbonyl (C=O) groups is 1. The van der Waals surface area contributed by atoms with E-state index in [1.54, 1.807) is 0 Å². The number of aliphatic carboxylic acids is 1. The SMILES string of the molecule is O=C(O)C1(O)CC2CCC(C1)N2Cc1ccccc1. The molecule has 2 bridgehead atoms. The Balaban J connectivity index is 1.75. The van der Waals surface area contributed by atoms with E-state index in [0.29, 0.717) is 12.8 Å². The summed E-state index contributed by atoms with van der Waals surface area (Å²) in [6.45, 7) is 0.853. The number of benzene rings is 1. The third kappa shape index (κ3) is 2.26. The quantitative estimate of drug-likeness (QED) is 0.868. The van der Waals surface area contributed by atoms with Gasteiger partial charge in [-0.25, -0.2) is 4.79 Å². The Bertz CT molecular complexity index is 460. The molecular formula is C15H19NO3. The molecule has 4 nitrogen and oxygen atoms in total. The predicted molar refractivity (Wildman–Crippen MR) is 70.6 cm³/mol. The number of hydrogen-bond donors (Lipinski definition) is 2. The van der Waals surface area contributed by atoms with Crippen molar-refractivity contribution in [1.82, 2.24) is 4.90 Å². The predicted octanol–water partition coefficient (Wildman–Crippen LogP) is 1.63. The van der Waals surface area contributed by atoms with Crippen LogP contribution in [0.4, 0.5) is 0 Å². The molecule has 0 amide bonds. The maximum absolute atomic E-state index is 11.2. The highest BCUT2D eigenvalue weighted by Gasteiger charge is 2.51. The summed E-state index contributed by atoms with van der Waals surface area (Å²) in [4.78, 5) is 13.6. The lowest BCUT2D eigenvalue weighted by molar-refractivity contribution is -0.167. The second-order valence-electron chi connectivity index (χ2n) is 5.79. The summed E-state index contributed by atoms with van der Waals surface area (Å²) in [5.41, 5.74) is -0.265. The molecule has 2 aliphatic rings. The van der Waals surface area contributed by atoms with Crippen LogP contribution in [0.2, 0.25) is 0 Å². The molecule has 0 aliphatic carbocycles. The van der Waals surface area contributed by atoms with Gasteiger partial charge in [-0.2, -0.15) is 0 Å². The first-order valence-corrected chi connectivity index (χ1v) is 6.84. The van der Waals surface area contributed by atoms with Crippen molar-refractivity contribution in [2.24, 2.45) is 0 Å². The largest absolute Gasteiger partial charge is 0.479 e. The molecule has 2 unspecified atom stereocenters. The maximum atomic E-state index is 11.2. The third-order valence-corrected chi connectivity index (χ3v) is 4.52. The highest BCUT2D eigenvalue weighted by Crippen LogP contribution is 2.41. The van der Waals surface area contributed by atoms with E-state index in [1.807, 2.05) is 18.2 Å². The van der Waals surface area contributed by atoms with E-state index < -0.39 is 11.6 Å². The smallest absolute Gasteiger partial charge is 0.335 e. The molecule has 1 aromatic rings. The van der Waals surface area contributed by atoms with Crippen molar-refractivity contribution in [2.45, 2.75) is 49.9 Å². The van der Waals surface area contributed by atoms with E-state index in [1.165, 1.54) is 5.56 Å². The van der Waals surface area contributed by atoms with Crippen molar-refractivity contribution in [1.29, 1.82) is 0 Å². The van der Waals surface area contributed by atoms with Gasteiger partial charge in [-0.1, -0.05) is 30.3 Å². The van der Waals surface area contributed by atoms with Gasteiger partial charge in [0.1, 0.15) is 0 Å². The fourth-order valence-electron chi connectivity index (χ4n) is 3.54. The van der Waals surface area contributed by atoms with Crippen molar-refractivity contribution in [3.63, 3.8) is 0 Å². The molecule has 0 radical (unpaired) electrons. The van der Waals surface area contributed by atoms with Crippen LogP contribution < -0.4 is 0 Å². The van der Waals surface area contributed by atoms with Crippen LogP contribution in [0, 0.1) is 0 Å². The molecule has 2 aliphatic heterocycles. The van der Waals surface area contributed by atoms with E-state index in [-0.39, 0.29) is 12.1 Å². The molecule has 2 atom stereocenters. The van der Waals surface area contributed by atoms with Crippen LogP contribution in [0.25, 0.3) is 0 Å². The molecule has 2 heterocycles. The lowest BCUT2D eigenvalue weighted by Gasteiger charge is -2.41. The molecule has 2 N–H and O–H groups in total. The van der Waals surface area contributed by atoms with Crippen molar-refractivity contribution in [2.75, 3.05) is 0 Å². The molecular weight excluding hydrogens is 242 g/mol. The van der Waals surface area contributed by atoms with Crippen LogP contribution in [-0.2, 0) is 11.3 Å². The summed E-state index contributed by atoms with van der Waals surface area (Å²) in [6.07, 6.45) is 2.69. The summed E-state index contributed by atoms with van der Waals surface area (Å²) in [7, 11) is 0. The van der Waals surface area contributed by atoms with Gasteiger partial charge in [-0.15, -0.1) is 0 Å². The minimum Gasteiger partial charge on any atom is -0.479 e. The molecule has 102 valence electrons. The van der Waals surface area contributed by atoms with Gasteiger partial charge in [0.2, 0.25) is 0 Å². The highest BCUT2D eigenvalue weighted by atomic mass is 16.4. The summed E-state index contributed by atoms with van der Waals surface area (Å²) < 4.78 is 0. The van der Waals surface area contributed by atoms with E-state index in [2.05, 4.69) is 17.0 Å². The Hall–Kier alpha value is -1.39. The van der Waals surface area contributed by atoms with Gasteiger partial charge in [-0.3, -0.25) is 4.90 Å². The second-order valence-corrected chi connectivity index (χ2v) is 5.79. The van der Waals surface area contributed by atoms with Crippen LogP contribution in [0.3, 0.4) is 0 Å². The van der Waals surface area contributed by atoms with Crippen molar-refractivity contribution < 1.29 is 15.0 Å². The van der Waals surface area contributed by atoms with Gasteiger partial charge < -0.3 is 10.2 Å². The maximum Gasteiger partial charge on any atom is 0.335 e. The summed E-state index contributed by atoms with van der Waals surface area (Å²) >= 11 is 0. The van der Waals surface area contributed by atoms with Crippen LogP contribution >= 0.6 is 0 Å². The van der Waals surface area contributed by atoms with Crippen molar-refractivity contribution in [3.8, 4) is 0 Å². The zero-order valence-electron chi connectivity index (χ0n) is 10.8. The molecule has 2 saturated heterocycles. The van der Waals surface area contributed by atoms with E-state index in [4.69, 9.17) is 5.11 Å². The molecule has 1 aromatic carbocycles. The van der Waals surface area contributed by atoms with Gasteiger partial charge in [0.15, 0.2) is 5.60 Å². The molecule has 19 heavy (non-hydrogen) atoms. The van der Waals surface area contributed by atoms with E-state index >= 15 is 0 Å². The number of carboxylic acids is 1. The lowest BCUT2D eigenvalue weighted by Crippen LogP contribution is -2.54. The molecule has 4 heteroatoms. The molecule has 3 rings (SSSR count). The number of rotatable bonds is 3. The van der Waals surface area contributed by atoms with Gasteiger partial charge in [0.25, 0.3) is 0 Å². The number of aliphatic hydroxyl groups is 1. The molecule has 0 aromatic heterocycles. The van der Waals surface area contributed by atoms with Crippen LogP contribution in [0.15, 0.2) is 30.3 Å². The Labute approximate surface area is 112 Å².